The first kappa shape index (κ1) is 22.6. The Balaban J connectivity index is 1.38. The van der Waals surface area contributed by atoms with Crippen molar-refractivity contribution in [2.75, 3.05) is 0 Å². The van der Waals surface area contributed by atoms with E-state index in [1.165, 1.54) is 0 Å². The van der Waals surface area contributed by atoms with Crippen LogP contribution in [0.3, 0.4) is 0 Å². The second kappa shape index (κ2) is 10.9. The zero-order valence-electron chi connectivity index (χ0n) is 19.6. The van der Waals surface area contributed by atoms with E-state index in [1.807, 2.05) is 18.2 Å². The molecule has 0 radical (unpaired) electrons. The lowest BCUT2D eigenvalue weighted by Crippen LogP contribution is -1.98. The molecule has 2 aromatic carbocycles. The summed E-state index contributed by atoms with van der Waals surface area (Å²) in [5, 5.41) is 17.7. The van der Waals surface area contributed by atoms with Gasteiger partial charge in [-0.2, -0.15) is 15.0 Å². The number of allylic oxidation sites excluding steroid dienone is 1. The summed E-state index contributed by atoms with van der Waals surface area (Å²) in [5.41, 5.74) is 5.15. The normalized spacial score (nSPS) is 11.6. The molecular formula is C27H31N5O. The van der Waals surface area contributed by atoms with Crippen molar-refractivity contribution in [2.24, 2.45) is 0 Å². The Labute approximate surface area is 195 Å². The first-order chi connectivity index (χ1) is 16.1. The number of unbranched alkanes of at least 4 members (excludes halogenated alkanes) is 2. The third kappa shape index (κ3) is 5.83. The molecule has 0 amide bonds. The van der Waals surface area contributed by atoms with Crippen LogP contribution >= 0.6 is 0 Å². The maximum atomic E-state index is 5.67. The van der Waals surface area contributed by atoms with Crippen molar-refractivity contribution in [1.29, 1.82) is 0 Å². The topological polar surface area (TPSA) is 69.6 Å². The molecule has 4 rings (SSSR count). The largest absolute Gasteiger partial charge is 0.425 e. The highest BCUT2D eigenvalue weighted by atomic mass is 16.4. The zero-order valence-corrected chi connectivity index (χ0v) is 19.6. The van der Waals surface area contributed by atoms with E-state index in [0.29, 0.717) is 0 Å². The van der Waals surface area contributed by atoms with Gasteiger partial charge in [0.05, 0.1) is 6.54 Å². The van der Waals surface area contributed by atoms with Gasteiger partial charge < -0.3 is 4.42 Å². The second-order valence-electron chi connectivity index (χ2n) is 8.41. The minimum Gasteiger partial charge on any atom is -0.425 e. The molecule has 0 atom stereocenters. The average Bonchev–Trinajstić information content (AvgIpc) is 3.50. The molecule has 170 valence electrons. The van der Waals surface area contributed by atoms with E-state index >= 15 is 0 Å². The van der Waals surface area contributed by atoms with Crippen LogP contribution in [0.1, 0.15) is 63.3 Å². The standard InChI is InChI=1S/C27H31N5O/c1-4-32-30-25(22-15-9-7-10-16-22)26(31-32)23-17-12-14-21(19-23)13-8-5-6-11-18-24-28-29-27(33-24)20(2)3/h7-10,12-17,19-20H,4-6,11,18H2,1-3H3/b13-8+. The maximum Gasteiger partial charge on any atom is 0.219 e. The summed E-state index contributed by atoms with van der Waals surface area (Å²) in [6.07, 6.45) is 8.37. The quantitative estimate of drug-likeness (QED) is 0.261. The minimum atomic E-state index is 0.278. The van der Waals surface area contributed by atoms with Crippen molar-refractivity contribution >= 4 is 6.08 Å². The Morgan fingerprint density at radius 3 is 2.39 bits per heavy atom. The van der Waals surface area contributed by atoms with E-state index in [2.05, 4.69) is 79.5 Å². The summed E-state index contributed by atoms with van der Waals surface area (Å²) in [6.45, 7) is 6.91. The maximum absolute atomic E-state index is 5.67. The first-order valence-electron chi connectivity index (χ1n) is 11.7. The van der Waals surface area contributed by atoms with Crippen molar-refractivity contribution in [1.82, 2.24) is 25.2 Å². The molecule has 2 heterocycles. The second-order valence-corrected chi connectivity index (χ2v) is 8.41. The summed E-state index contributed by atoms with van der Waals surface area (Å²) in [4.78, 5) is 1.76. The number of hydrogen-bond acceptors (Lipinski definition) is 5. The fraction of sp³-hybridized carbons (Fsp3) is 0.333. The molecule has 0 fully saturated rings. The van der Waals surface area contributed by atoms with Crippen LogP contribution in [0.25, 0.3) is 28.6 Å². The molecule has 4 aromatic rings. The number of aryl methyl sites for hydroxylation is 2. The third-order valence-corrected chi connectivity index (χ3v) is 5.44. The first-order valence-corrected chi connectivity index (χ1v) is 11.7. The van der Waals surface area contributed by atoms with Gasteiger partial charge in [-0.25, -0.2) is 0 Å². The fourth-order valence-corrected chi connectivity index (χ4v) is 3.62. The van der Waals surface area contributed by atoms with E-state index in [9.17, 15) is 0 Å². The molecule has 0 aliphatic rings. The van der Waals surface area contributed by atoms with Gasteiger partial charge in [-0.05, 0) is 37.8 Å². The van der Waals surface area contributed by atoms with E-state index < -0.39 is 0 Å². The van der Waals surface area contributed by atoms with Gasteiger partial charge in [0.25, 0.3) is 0 Å². The van der Waals surface area contributed by atoms with Gasteiger partial charge in [0.15, 0.2) is 0 Å². The van der Waals surface area contributed by atoms with E-state index in [4.69, 9.17) is 14.6 Å². The number of benzene rings is 2. The molecule has 0 aliphatic carbocycles. The third-order valence-electron chi connectivity index (χ3n) is 5.44. The highest BCUT2D eigenvalue weighted by Crippen LogP contribution is 2.29. The van der Waals surface area contributed by atoms with Gasteiger partial charge in [-0.15, -0.1) is 10.2 Å². The van der Waals surface area contributed by atoms with E-state index in [1.54, 1.807) is 4.80 Å². The van der Waals surface area contributed by atoms with Crippen LogP contribution in [0.4, 0.5) is 0 Å². The molecular weight excluding hydrogens is 410 g/mol. The molecule has 0 aliphatic heterocycles. The Kier molecular flexibility index (Phi) is 7.45. The van der Waals surface area contributed by atoms with Crippen LogP contribution < -0.4 is 0 Å². The number of hydrogen-bond donors (Lipinski definition) is 0. The summed E-state index contributed by atoms with van der Waals surface area (Å²) >= 11 is 0. The van der Waals surface area contributed by atoms with Gasteiger partial charge in [-0.3, -0.25) is 0 Å². The molecule has 2 aromatic heterocycles. The van der Waals surface area contributed by atoms with Crippen molar-refractivity contribution in [3.05, 3.63) is 78.0 Å². The molecule has 6 nitrogen and oxygen atoms in total. The molecule has 0 saturated heterocycles. The Morgan fingerprint density at radius 1 is 0.909 bits per heavy atom. The predicted molar refractivity (Wildman–Crippen MR) is 132 cm³/mol. The van der Waals surface area contributed by atoms with Crippen LogP contribution in [0.15, 0.2) is 65.1 Å². The lowest BCUT2D eigenvalue weighted by molar-refractivity contribution is 0.426. The summed E-state index contributed by atoms with van der Waals surface area (Å²) < 4.78 is 5.67. The number of nitrogens with zero attached hydrogens (tertiary/aromatic N) is 5. The summed E-state index contributed by atoms with van der Waals surface area (Å²) in [6, 6.07) is 18.7. The van der Waals surface area contributed by atoms with Crippen molar-refractivity contribution in [3.8, 4) is 22.5 Å². The Morgan fingerprint density at radius 2 is 1.67 bits per heavy atom. The molecule has 0 N–H and O–H groups in total. The number of aromatic nitrogens is 5. The SMILES string of the molecule is CCn1nc(-c2ccccc2)c(-c2cccc(/C=C/CCCCc3nnc(C(C)C)o3)c2)n1. The zero-order chi connectivity index (χ0) is 23.0. The lowest BCUT2D eigenvalue weighted by atomic mass is 10.0. The average molecular weight is 442 g/mol. The summed E-state index contributed by atoms with van der Waals surface area (Å²) in [5.74, 6) is 1.74. The minimum absolute atomic E-state index is 0.278. The van der Waals surface area contributed by atoms with Crippen molar-refractivity contribution in [3.63, 3.8) is 0 Å². The van der Waals surface area contributed by atoms with E-state index in [-0.39, 0.29) is 5.92 Å². The summed E-state index contributed by atoms with van der Waals surface area (Å²) in [7, 11) is 0. The molecule has 0 saturated carbocycles. The van der Waals surface area contributed by atoms with Crippen LogP contribution in [0.2, 0.25) is 0 Å². The highest BCUT2D eigenvalue weighted by Gasteiger charge is 2.14. The molecule has 0 bridgehead atoms. The van der Waals surface area contributed by atoms with Crippen LogP contribution in [-0.2, 0) is 13.0 Å². The highest BCUT2D eigenvalue weighted by molar-refractivity contribution is 5.78. The molecule has 6 heteroatoms. The molecule has 0 spiro atoms. The molecule has 33 heavy (non-hydrogen) atoms. The molecule has 0 unspecified atom stereocenters. The van der Waals surface area contributed by atoms with Crippen LogP contribution in [-0.4, -0.2) is 25.2 Å². The lowest BCUT2D eigenvalue weighted by Gasteiger charge is -2.03. The Hall–Kier alpha value is -3.54. The van der Waals surface area contributed by atoms with Gasteiger partial charge in [-0.1, -0.05) is 74.5 Å². The van der Waals surface area contributed by atoms with Crippen molar-refractivity contribution in [2.45, 2.75) is 58.9 Å². The Bertz CT molecular complexity index is 1190. The van der Waals surface area contributed by atoms with Gasteiger partial charge in [0, 0.05) is 23.5 Å². The monoisotopic (exact) mass is 441 g/mol. The smallest absolute Gasteiger partial charge is 0.219 e. The van der Waals surface area contributed by atoms with Crippen LogP contribution in [0.5, 0.6) is 0 Å². The predicted octanol–water partition coefficient (Wildman–Crippen LogP) is 6.56. The van der Waals surface area contributed by atoms with E-state index in [0.717, 1.165) is 72.1 Å². The van der Waals surface area contributed by atoms with Crippen molar-refractivity contribution < 1.29 is 4.42 Å². The fourth-order valence-electron chi connectivity index (χ4n) is 3.62. The van der Waals surface area contributed by atoms with Crippen LogP contribution in [0, 0.1) is 0 Å². The van der Waals surface area contributed by atoms with Gasteiger partial charge in [0.1, 0.15) is 11.4 Å². The number of rotatable bonds is 10. The van der Waals surface area contributed by atoms with Gasteiger partial charge in [0.2, 0.25) is 11.8 Å². The van der Waals surface area contributed by atoms with Gasteiger partial charge >= 0.3 is 0 Å².